The molecular weight excluding hydrogens is 375 g/mol. The highest BCUT2D eigenvalue weighted by Crippen LogP contribution is 2.11. The van der Waals surface area contributed by atoms with Gasteiger partial charge in [-0.15, -0.1) is 0 Å². The Labute approximate surface area is 165 Å². The maximum Gasteiger partial charge on any atom is 0.272 e. The number of amides is 2. The molecule has 1 aromatic carbocycles. The van der Waals surface area contributed by atoms with Gasteiger partial charge in [0.05, 0.1) is 30.5 Å². The fraction of sp³-hybridized carbons (Fsp3) is 0.100. The normalized spacial score (nSPS) is 10.8. The fourth-order valence-corrected chi connectivity index (χ4v) is 2.82. The zero-order valence-corrected chi connectivity index (χ0v) is 15.2. The van der Waals surface area contributed by atoms with Crippen LogP contribution in [0.25, 0.3) is 5.52 Å². The molecule has 0 bridgehead atoms. The molecule has 0 saturated heterocycles. The third kappa shape index (κ3) is 4.29. The Morgan fingerprint density at radius 3 is 2.76 bits per heavy atom. The van der Waals surface area contributed by atoms with E-state index in [0.717, 1.165) is 5.52 Å². The lowest BCUT2D eigenvalue weighted by molar-refractivity contribution is -0.115. The summed E-state index contributed by atoms with van der Waals surface area (Å²) in [7, 11) is 0. The number of benzene rings is 1. The van der Waals surface area contributed by atoms with Gasteiger partial charge >= 0.3 is 0 Å². The van der Waals surface area contributed by atoms with Crippen LogP contribution >= 0.6 is 0 Å². The van der Waals surface area contributed by atoms with Gasteiger partial charge in [-0.25, -0.2) is 8.91 Å². The van der Waals surface area contributed by atoms with Gasteiger partial charge in [0, 0.05) is 18.0 Å². The zero-order chi connectivity index (χ0) is 20.2. The molecule has 0 atom stereocenters. The molecule has 0 radical (unpaired) electrons. The average molecular weight is 392 g/mol. The molecule has 0 fully saturated rings. The van der Waals surface area contributed by atoms with Crippen LogP contribution in [0.5, 0.6) is 0 Å². The minimum absolute atomic E-state index is 0.217. The van der Waals surface area contributed by atoms with Crippen molar-refractivity contribution in [2.24, 2.45) is 0 Å². The largest absolute Gasteiger partial charge is 0.342 e. The Hall–Kier alpha value is -4.01. The molecule has 0 spiro atoms. The predicted molar refractivity (Wildman–Crippen MR) is 104 cm³/mol. The van der Waals surface area contributed by atoms with Crippen LogP contribution in [0.4, 0.5) is 10.1 Å². The van der Waals surface area contributed by atoms with Gasteiger partial charge in [-0.1, -0.05) is 24.3 Å². The molecular formula is C20H17FN6O2. The molecule has 3 aromatic heterocycles. The van der Waals surface area contributed by atoms with Crippen LogP contribution in [-0.4, -0.2) is 37.8 Å². The number of aromatic nitrogens is 4. The van der Waals surface area contributed by atoms with E-state index in [1.54, 1.807) is 41.2 Å². The SMILES string of the molecule is O=C(CNC(=O)c1cc2ccccn2n1)Nc1cnn(Cc2ccccc2F)c1. The zero-order valence-electron chi connectivity index (χ0n) is 15.2. The maximum absolute atomic E-state index is 13.7. The quantitative estimate of drug-likeness (QED) is 0.525. The first-order valence-corrected chi connectivity index (χ1v) is 8.87. The van der Waals surface area contributed by atoms with E-state index in [-0.39, 0.29) is 24.6 Å². The van der Waals surface area contributed by atoms with Crippen LogP contribution in [0.2, 0.25) is 0 Å². The Kier molecular flexibility index (Phi) is 5.02. The molecule has 4 rings (SSSR count). The smallest absolute Gasteiger partial charge is 0.272 e. The molecule has 0 saturated carbocycles. The second-order valence-corrected chi connectivity index (χ2v) is 6.35. The lowest BCUT2D eigenvalue weighted by atomic mass is 10.2. The van der Waals surface area contributed by atoms with Crippen molar-refractivity contribution >= 4 is 23.0 Å². The molecule has 4 aromatic rings. The number of hydrogen-bond acceptors (Lipinski definition) is 4. The van der Waals surface area contributed by atoms with Crippen molar-refractivity contribution in [1.29, 1.82) is 0 Å². The van der Waals surface area contributed by atoms with Gasteiger partial charge in [-0.3, -0.25) is 14.3 Å². The van der Waals surface area contributed by atoms with Gasteiger partial charge in [-0.2, -0.15) is 10.2 Å². The summed E-state index contributed by atoms with van der Waals surface area (Å²) in [5.74, 6) is -1.17. The predicted octanol–water partition coefficient (Wildman–Crippen LogP) is 2.09. The summed E-state index contributed by atoms with van der Waals surface area (Å²) in [6.07, 6.45) is 4.79. The van der Waals surface area contributed by atoms with Crippen molar-refractivity contribution in [3.63, 3.8) is 0 Å². The van der Waals surface area contributed by atoms with Gasteiger partial charge in [-0.05, 0) is 24.3 Å². The first kappa shape index (κ1) is 18.4. The van der Waals surface area contributed by atoms with Crippen molar-refractivity contribution in [2.75, 3.05) is 11.9 Å². The van der Waals surface area contributed by atoms with Crippen molar-refractivity contribution in [3.8, 4) is 0 Å². The number of anilines is 1. The van der Waals surface area contributed by atoms with E-state index in [1.807, 2.05) is 18.2 Å². The molecule has 9 heteroatoms. The van der Waals surface area contributed by atoms with Gasteiger partial charge in [0.25, 0.3) is 5.91 Å². The van der Waals surface area contributed by atoms with Crippen LogP contribution in [0, 0.1) is 5.82 Å². The van der Waals surface area contributed by atoms with E-state index in [0.29, 0.717) is 11.3 Å². The number of halogens is 1. The molecule has 0 aliphatic carbocycles. The number of rotatable bonds is 6. The van der Waals surface area contributed by atoms with E-state index >= 15 is 0 Å². The Bertz CT molecular complexity index is 1150. The number of pyridine rings is 1. The van der Waals surface area contributed by atoms with E-state index in [2.05, 4.69) is 20.8 Å². The summed E-state index contributed by atoms with van der Waals surface area (Å²) in [6, 6.07) is 13.5. The third-order valence-electron chi connectivity index (χ3n) is 4.22. The summed E-state index contributed by atoms with van der Waals surface area (Å²) < 4.78 is 16.8. The van der Waals surface area contributed by atoms with E-state index in [1.165, 1.54) is 16.9 Å². The van der Waals surface area contributed by atoms with Gasteiger partial charge in [0.15, 0.2) is 5.69 Å². The van der Waals surface area contributed by atoms with Crippen LogP contribution in [0.3, 0.4) is 0 Å². The minimum Gasteiger partial charge on any atom is -0.342 e. The number of hydrogen-bond donors (Lipinski definition) is 2. The second kappa shape index (κ2) is 7.93. The van der Waals surface area contributed by atoms with Crippen LogP contribution in [0.1, 0.15) is 16.1 Å². The summed E-state index contributed by atoms with van der Waals surface area (Å²) in [5, 5.41) is 13.4. The lowest BCUT2D eigenvalue weighted by Crippen LogP contribution is -2.33. The van der Waals surface area contributed by atoms with E-state index < -0.39 is 11.8 Å². The summed E-state index contributed by atoms with van der Waals surface area (Å²) >= 11 is 0. The standard InChI is InChI=1S/C20H17FN6O2/c21-17-7-2-1-5-14(17)12-26-13-15(10-23-26)24-19(28)11-22-20(29)18-9-16-6-3-4-8-27(16)25-18/h1-10,13H,11-12H2,(H,22,29)(H,24,28). The minimum atomic E-state index is -0.445. The highest BCUT2D eigenvalue weighted by Gasteiger charge is 2.13. The van der Waals surface area contributed by atoms with Crippen LogP contribution in [0.15, 0.2) is 67.1 Å². The molecule has 0 aliphatic rings. The molecule has 0 aliphatic heterocycles. The van der Waals surface area contributed by atoms with E-state index in [4.69, 9.17) is 0 Å². The third-order valence-corrected chi connectivity index (χ3v) is 4.22. The second-order valence-electron chi connectivity index (χ2n) is 6.35. The molecule has 146 valence electrons. The topological polar surface area (TPSA) is 93.3 Å². The van der Waals surface area contributed by atoms with Gasteiger partial charge in [0.2, 0.25) is 5.91 Å². The van der Waals surface area contributed by atoms with Crippen molar-refractivity contribution in [2.45, 2.75) is 6.54 Å². The number of nitrogens with one attached hydrogen (secondary N) is 2. The monoisotopic (exact) mass is 392 g/mol. The van der Waals surface area contributed by atoms with Gasteiger partial charge < -0.3 is 10.6 Å². The highest BCUT2D eigenvalue weighted by atomic mass is 19.1. The number of nitrogens with zero attached hydrogens (tertiary/aromatic N) is 4. The summed E-state index contributed by atoms with van der Waals surface area (Å²) in [5.41, 5.74) is 1.95. The Morgan fingerprint density at radius 1 is 1.10 bits per heavy atom. The Morgan fingerprint density at radius 2 is 1.93 bits per heavy atom. The van der Waals surface area contributed by atoms with Crippen LogP contribution in [-0.2, 0) is 11.3 Å². The van der Waals surface area contributed by atoms with Crippen molar-refractivity contribution in [3.05, 3.63) is 84.2 Å². The molecule has 8 nitrogen and oxygen atoms in total. The van der Waals surface area contributed by atoms with Gasteiger partial charge in [0.1, 0.15) is 5.82 Å². The molecule has 2 amide bonds. The summed E-state index contributed by atoms with van der Waals surface area (Å²) in [6.45, 7) is 0.0262. The lowest BCUT2D eigenvalue weighted by Gasteiger charge is -2.04. The first-order valence-electron chi connectivity index (χ1n) is 8.87. The summed E-state index contributed by atoms with van der Waals surface area (Å²) in [4.78, 5) is 24.3. The molecule has 0 unspecified atom stereocenters. The Balaban J connectivity index is 1.31. The number of carbonyl (C=O) groups is 2. The van der Waals surface area contributed by atoms with E-state index in [9.17, 15) is 14.0 Å². The number of carbonyl (C=O) groups excluding carboxylic acids is 2. The maximum atomic E-state index is 13.7. The molecule has 3 heterocycles. The highest BCUT2D eigenvalue weighted by molar-refractivity contribution is 5.98. The fourth-order valence-electron chi connectivity index (χ4n) is 2.82. The van der Waals surface area contributed by atoms with Crippen molar-refractivity contribution in [1.82, 2.24) is 24.7 Å². The van der Waals surface area contributed by atoms with Crippen molar-refractivity contribution < 1.29 is 14.0 Å². The first-order chi connectivity index (χ1) is 14.1. The van der Waals surface area contributed by atoms with Crippen LogP contribution < -0.4 is 10.6 Å². The molecule has 2 N–H and O–H groups in total. The number of fused-ring (bicyclic) bond motifs is 1. The average Bonchev–Trinajstić information content (AvgIpc) is 3.34. The molecule has 29 heavy (non-hydrogen) atoms.